The summed E-state index contributed by atoms with van der Waals surface area (Å²) in [6, 6.07) is 4.16. The van der Waals surface area contributed by atoms with Crippen molar-refractivity contribution in [1.29, 1.82) is 0 Å². The fourth-order valence-corrected chi connectivity index (χ4v) is 2.86. The number of nitrogens with zero attached hydrogens (tertiary/aromatic N) is 4. The Bertz CT molecular complexity index is 910. The summed E-state index contributed by atoms with van der Waals surface area (Å²) >= 11 is 5.75. The number of nitrogens with one attached hydrogen (secondary N) is 1. The van der Waals surface area contributed by atoms with E-state index in [2.05, 4.69) is 25.3 Å². The van der Waals surface area contributed by atoms with Gasteiger partial charge in [-0.05, 0) is 18.2 Å². The van der Waals surface area contributed by atoms with E-state index in [1.165, 1.54) is 37.0 Å². The molecule has 2 aromatic heterocycles. The van der Waals surface area contributed by atoms with Crippen molar-refractivity contribution in [1.82, 2.24) is 19.9 Å². The third-order valence-corrected chi connectivity index (χ3v) is 4.22. The van der Waals surface area contributed by atoms with Gasteiger partial charge in [0.25, 0.3) is 0 Å². The zero-order valence-corrected chi connectivity index (χ0v) is 14.0. The van der Waals surface area contributed by atoms with Crippen LogP contribution < -0.4 is 5.32 Å². The fraction of sp³-hybridized carbons (Fsp3) is 0.0667. The van der Waals surface area contributed by atoms with E-state index >= 15 is 0 Å². The van der Waals surface area contributed by atoms with Crippen molar-refractivity contribution in [2.45, 2.75) is 5.03 Å². The number of benzene rings is 1. The highest BCUT2D eigenvalue weighted by molar-refractivity contribution is 7.84. The average molecular weight is 364 g/mol. The number of hydrogen-bond acceptors (Lipinski definition) is 6. The Morgan fingerprint density at radius 1 is 1.21 bits per heavy atom. The van der Waals surface area contributed by atoms with E-state index in [-0.39, 0.29) is 11.0 Å². The molecule has 1 aromatic carbocycles. The molecule has 0 aliphatic rings. The van der Waals surface area contributed by atoms with Gasteiger partial charge in [0.2, 0.25) is 5.95 Å². The molecule has 0 fully saturated rings. The van der Waals surface area contributed by atoms with Crippen LogP contribution in [0.3, 0.4) is 0 Å². The summed E-state index contributed by atoms with van der Waals surface area (Å²) in [7, 11) is -1.35. The molecule has 0 saturated carbocycles. The van der Waals surface area contributed by atoms with Crippen LogP contribution in [0.1, 0.15) is 0 Å². The summed E-state index contributed by atoms with van der Waals surface area (Å²) in [5.74, 6) is -0.290. The number of hydrogen-bond donors (Lipinski definition) is 1. The largest absolute Gasteiger partial charge is 0.324 e. The van der Waals surface area contributed by atoms with Crippen molar-refractivity contribution in [3.05, 3.63) is 54.0 Å². The Balaban J connectivity index is 1.97. The Hall–Kier alpha value is -2.45. The highest BCUT2D eigenvalue weighted by atomic mass is 35.5. The van der Waals surface area contributed by atoms with Crippen molar-refractivity contribution < 1.29 is 8.60 Å². The van der Waals surface area contributed by atoms with E-state index in [4.69, 9.17) is 11.6 Å². The van der Waals surface area contributed by atoms with Crippen molar-refractivity contribution in [3.63, 3.8) is 0 Å². The minimum absolute atomic E-state index is 0.0163. The second kappa shape index (κ2) is 6.98. The zero-order chi connectivity index (χ0) is 17.1. The molecule has 1 N–H and O–H groups in total. The third-order valence-electron chi connectivity index (χ3n) is 3.07. The molecule has 9 heteroatoms. The fourth-order valence-electron chi connectivity index (χ4n) is 1.98. The molecule has 2 heterocycles. The standard InChI is InChI=1S/C15H11ClFN5OS/c1-24(23)14-11(9-5-18-8-19-6-9)7-20-15(22-14)21-10-2-3-13(17)12(16)4-10/h2-8H,1H3,(H,20,21,22). The van der Waals surface area contributed by atoms with Gasteiger partial charge in [-0.15, -0.1) is 0 Å². The molecule has 0 spiro atoms. The highest BCUT2D eigenvalue weighted by Gasteiger charge is 2.13. The first-order chi connectivity index (χ1) is 11.5. The summed E-state index contributed by atoms with van der Waals surface area (Å²) < 4.78 is 25.2. The van der Waals surface area contributed by atoms with Crippen LogP contribution >= 0.6 is 11.6 Å². The van der Waals surface area contributed by atoms with E-state index in [0.717, 1.165) is 0 Å². The minimum atomic E-state index is -1.35. The third kappa shape index (κ3) is 3.55. The molecule has 0 aliphatic carbocycles. The number of rotatable bonds is 4. The molecule has 24 heavy (non-hydrogen) atoms. The lowest BCUT2D eigenvalue weighted by Crippen LogP contribution is -2.04. The quantitative estimate of drug-likeness (QED) is 0.717. The average Bonchev–Trinajstić information content (AvgIpc) is 2.59. The van der Waals surface area contributed by atoms with Gasteiger partial charge >= 0.3 is 0 Å². The summed E-state index contributed by atoms with van der Waals surface area (Å²) in [5.41, 5.74) is 1.77. The molecule has 6 nitrogen and oxygen atoms in total. The first kappa shape index (κ1) is 16.4. The van der Waals surface area contributed by atoms with Crippen molar-refractivity contribution in [3.8, 4) is 11.1 Å². The topological polar surface area (TPSA) is 80.7 Å². The Morgan fingerprint density at radius 3 is 2.62 bits per heavy atom. The smallest absolute Gasteiger partial charge is 0.228 e. The van der Waals surface area contributed by atoms with Crippen molar-refractivity contribution in [2.75, 3.05) is 11.6 Å². The molecule has 0 bridgehead atoms. The Labute approximate surface area is 144 Å². The van der Waals surface area contributed by atoms with Gasteiger partial charge in [-0.25, -0.2) is 24.3 Å². The Kier molecular flexibility index (Phi) is 4.77. The molecule has 3 aromatic rings. The molecular weight excluding hydrogens is 353 g/mol. The van der Waals surface area contributed by atoms with Crippen LogP contribution in [-0.4, -0.2) is 30.4 Å². The molecule has 0 aliphatic heterocycles. The van der Waals surface area contributed by atoms with E-state index in [0.29, 0.717) is 21.8 Å². The predicted octanol–water partition coefficient (Wildman–Crippen LogP) is 3.21. The summed E-state index contributed by atoms with van der Waals surface area (Å²) in [4.78, 5) is 16.4. The summed E-state index contributed by atoms with van der Waals surface area (Å²) in [6.45, 7) is 0. The lowest BCUT2D eigenvalue weighted by Gasteiger charge is -2.10. The maximum atomic E-state index is 13.2. The number of aromatic nitrogens is 4. The summed E-state index contributed by atoms with van der Waals surface area (Å²) in [6.07, 6.45) is 7.65. The lowest BCUT2D eigenvalue weighted by molar-refractivity contribution is 0.628. The van der Waals surface area contributed by atoms with Crippen LogP contribution in [0.15, 0.2) is 48.1 Å². The molecule has 0 saturated heterocycles. The molecule has 1 unspecified atom stereocenters. The SMILES string of the molecule is CS(=O)c1nc(Nc2ccc(F)c(Cl)c2)ncc1-c1cncnc1. The second-order valence-corrected chi connectivity index (χ2v) is 6.45. The molecule has 1 atom stereocenters. The van der Waals surface area contributed by atoms with Crippen LogP contribution in [-0.2, 0) is 10.8 Å². The first-order valence-corrected chi connectivity index (χ1v) is 8.66. The van der Waals surface area contributed by atoms with Gasteiger partial charge in [0.15, 0.2) is 0 Å². The highest BCUT2D eigenvalue weighted by Crippen LogP contribution is 2.25. The van der Waals surface area contributed by atoms with Crippen LogP contribution in [0.4, 0.5) is 16.0 Å². The molecular formula is C15H11ClFN5OS. The first-order valence-electron chi connectivity index (χ1n) is 6.72. The van der Waals surface area contributed by atoms with Gasteiger partial charge in [0.1, 0.15) is 17.2 Å². The minimum Gasteiger partial charge on any atom is -0.324 e. The number of halogens is 2. The van der Waals surface area contributed by atoms with Gasteiger partial charge in [-0.1, -0.05) is 11.6 Å². The summed E-state index contributed by atoms with van der Waals surface area (Å²) in [5, 5.41) is 3.23. The van der Waals surface area contributed by atoms with Crippen LogP contribution in [0.2, 0.25) is 5.02 Å². The van der Waals surface area contributed by atoms with Gasteiger partial charge < -0.3 is 5.32 Å². The van der Waals surface area contributed by atoms with E-state index < -0.39 is 16.6 Å². The van der Waals surface area contributed by atoms with Crippen LogP contribution in [0.5, 0.6) is 0 Å². The molecule has 3 rings (SSSR count). The van der Waals surface area contributed by atoms with Gasteiger partial charge in [0.05, 0.1) is 15.8 Å². The molecule has 0 amide bonds. The Morgan fingerprint density at radius 2 is 1.96 bits per heavy atom. The maximum absolute atomic E-state index is 13.2. The van der Waals surface area contributed by atoms with E-state index in [9.17, 15) is 8.60 Å². The maximum Gasteiger partial charge on any atom is 0.228 e. The van der Waals surface area contributed by atoms with E-state index in [1.807, 2.05) is 0 Å². The van der Waals surface area contributed by atoms with Crippen molar-refractivity contribution in [2.24, 2.45) is 0 Å². The zero-order valence-electron chi connectivity index (χ0n) is 12.4. The predicted molar refractivity (Wildman–Crippen MR) is 90.1 cm³/mol. The molecule has 122 valence electrons. The van der Waals surface area contributed by atoms with E-state index in [1.54, 1.807) is 12.4 Å². The monoisotopic (exact) mass is 363 g/mol. The molecule has 0 radical (unpaired) electrons. The second-order valence-electron chi connectivity index (χ2n) is 4.75. The van der Waals surface area contributed by atoms with Crippen LogP contribution in [0, 0.1) is 5.82 Å². The van der Waals surface area contributed by atoms with Gasteiger partial charge in [0, 0.05) is 41.7 Å². The van der Waals surface area contributed by atoms with Gasteiger partial charge in [-0.3, -0.25) is 4.21 Å². The van der Waals surface area contributed by atoms with Crippen LogP contribution in [0.25, 0.3) is 11.1 Å². The van der Waals surface area contributed by atoms with Crippen molar-refractivity contribution >= 4 is 34.0 Å². The lowest BCUT2D eigenvalue weighted by atomic mass is 10.2. The van der Waals surface area contributed by atoms with Gasteiger partial charge in [-0.2, -0.15) is 0 Å². The normalized spacial score (nSPS) is 12.0. The number of anilines is 2.